The van der Waals surface area contributed by atoms with Gasteiger partial charge in [0.25, 0.3) is 6.71 Å². The molecule has 97 heavy (non-hydrogen) atoms. The molecule has 0 bridgehead atoms. The molecule has 2 nitrogen and oxygen atoms in total. The van der Waals surface area contributed by atoms with Crippen LogP contribution in [0.5, 0.6) is 0 Å². The van der Waals surface area contributed by atoms with E-state index in [9.17, 15) is 0 Å². The van der Waals surface area contributed by atoms with Gasteiger partial charge in [0.2, 0.25) is 0 Å². The van der Waals surface area contributed by atoms with E-state index in [1.807, 2.05) is 0 Å². The lowest BCUT2D eigenvalue weighted by molar-refractivity contribution is 0.590. The predicted molar refractivity (Wildman–Crippen MR) is 418 cm³/mol. The molecule has 3 heteroatoms. The third kappa shape index (κ3) is 10.2. The molecule has 0 spiro atoms. The second-order valence-electron chi connectivity index (χ2n) is 30.0. The van der Waals surface area contributed by atoms with Crippen molar-refractivity contribution in [1.29, 1.82) is 0 Å². The molecule has 17 rings (SSSR count). The van der Waals surface area contributed by atoms with Crippen molar-refractivity contribution >= 4 is 89.5 Å². The molecule has 0 aromatic heterocycles. The lowest BCUT2D eigenvalue weighted by Gasteiger charge is -2.46. The number of fused-ring (bicyclic) bond motifs is 4. The van der Waals surface area contributed by atoms with Gasteiger partial charge in [-0.15, -0.1) is 0 Å². The van der Waals surface area contributed by atoms with E-state index in [2.05, 4.69) is 375 Å². The Balaban J connectivity index is 1.07. The van der Waals surface area contributed by atoms with Crippen molar-refractivity contribution < 1.29 is 0 Å². The molecule has 0 N–H and O–H groups in total. The summed E-state index contributed by atoms with van der Waals surface area (Å²) in [4.78, 5) is 5.43. The number of hydrogen-bond acceptors (Lipinski definition) is 2. The minimum absolute atomic E-state index is 0.0403. The molecule has 0 amide bonds. The van der Waals surface area contributed by atoms with Crippen LogP contribution in [0, 0.1) is 0 Å². The fourth-order valence-corrected chi connectivity index (χ4v) is 15.7. The van der Waals surface area contributed by atoms with E-state index >= 15 is 0 Å². The van der Waals surface area contributed by atoms with Gasteiger partial charge in [-0.1, -0.05) is 317 Å². The van der Waals surface area contributed by atoms with Crippen molar-refractivity contribution in [3.05, 3.63) is 320 Å². The summed E-state index contributed by atoms with van der Waals surface area (Å²) < 4.78 is 0. The third-order valence-electron chi connectivity index (χ3n) is 20.8. The van der Waals surface area contributed by atoms with E-state index < -0.39 is 0 Å². The Labute approximate surface area is 572 Å². The van der Waals surface area contributed by atoms with Crippen molar-refractivity contribution in [3.63, 3.8) is 0 Å². The monoisotopic (exact) mass is 1240 g/mol. The summed E-state index contributed by atoms with van der Waals surface area (Å²) >= 11 is 0. The van der Waals surface area contributed by atoms with Crippen molar-refractivity contribution in [3.8, 4) is 77.9 Å². The van der Waals surface area contributed by atoms with Crippen LogP contribution in [-0.2, 0) is 16.2 Å². The minimum atomic E-state index is -0.220. The Morgan fingerprint density at radius 3 is 1.10 bits per heavy atom. The Morgan fingerprint density at radius 2 is 0.629 bits per heavy atom. The van der Waals surface area contributed by atoms with E-state index in [4.69, 9.17) is 0 Å². The zero-order chi connectivity index (χ0) is 66.1. The van der Waals surface area contributed by atoms with Gasteiger partial charge in [-0.25, -0.2) is 0 Å². The number of anilines is 6. The summed E-state index contributed by atoms with van der Waals surface area (Å²) in [6.07, 6.45) is 0. The maximum Gasteiger partial charge on any atom is 0.252 e. The first-order chi connectivity index (χ1) is 47.0. The largest absolute Gasteiger partial charge is 0.310 e. The molecule has 0 fully saturated rings. The van der Waals surface area contributed by atoms with Crippen molar-refractivity contribution in [2.75, 3.05) is 9.80 Å². The van der Waals surface area contributed by atoms with Gasteiger partial charge in [-0.2, -0.15) is 0 Å². The predicted octanol–water partition coefficient (Wildman–Crippen LogP) is 24.2. The summed E-state index contributed by atoms with van der Waals surface area (Å²) in [5.41, 5.74) is 30.5. The Kier molecular flexibility index (Phi) is 14.1. The highest BCUT2D eigenvalue weighted by atomic mass is 15.2. The van der Waals surface area contributed by atoms with Crippen LogP contribution in [0.25, 0.3) is 110 Å². The minimum Gasteiger partial charge on any atom is -0.310 e. The highest BCUT2D eigenvalue weighted by Gasteiger charge is 2.46. The highest BCUT2D eigenvalue weighted by Crippen LogP contribution is 2.56. The fraction of sp³-hybridized carbons (Fsp3) is 0.128. The van der Waals surface area contributed by atoms with Gasteiger partial charge in [-0.3, -0.25) is 0 Å². The fourth-order valence-electron chi connectivity index (χ4n) is 15.7. The van der Waals surface area contributed by atoms with Gasteiger partial charge < -0.3 is 9.80 Å². The molecular formula is C94H77BN2. The Bertz CT molecular complexity index is 5400. The molecule has 0 radical (unpaired) electrons. The lowest BCUT2D eigenvalue weighted by Crippen LogP contribution is -2.61. The quantitative estimate of drug-likeness (QED) is 0.105. The van der Waals surface area contributed by atoms with Crippen LogP contribution in [0.3, 0.4) is 0 Å². The van der Waals surface area contributed by atoms with Crippen molar-refractivity contribution in [1.82, 2.24) is 0 Å². The molecule has 0 saturated carbocycles. The Hall–Kier alpha value is -11.0. The van der Waals surface area contributed by atoms with Crippen molar-refractivity contribution in [2.45, 2.75) is 78.6 Å². The maximum absolute atomic E-state index is 2.73. The summed E-state index contributed by atoms with van der Waals surface area (Å²) in [5.74, 6) is 0. The molecule has 0 aliphatic carbocycles. The number of rotatable bonds is 9. The van der Waals surface area contributed by atoms with Crippen LogP contribution in [0.15, 0.2) is 303 Å². The maximum atomic E-state index is 2.73. The third-order valence-corrected chi connectivity index (χ3v) is 20.8. The topological polar surface area (TPSA) is 6.48 Å². The molecule has 15 aromatic rings. The lowest BCUT2D eigenvalue weighted by atomic mass is 9.33. The summed E-state index contributed by atoms with van der Waals surface area (Å²) in [6, 6.07) is 116. The molecule has 0 atom stereocenters. The van der Waals surface area contributed by atoms with Gasteiger partial charge in [0.1, 0.15) is 0 Å². The molecule has 2 aliphatic rings. The molecule has 0 saturated heterocycles. The van der Waals surface area contributed by atoms with Crippen LogP contribution in [0.2, 0.25) is 0 Å². The second-order valence-corrected chi connectivity index (χ2v) is 30.0. The molecular weight excluding hydrogens is 1170 g/mol. The summed E-state index contributed by atoms with van der Waals surface area (Å²) in [7, 11) is 0. The Morgan fingerprint density at radius 1 is 0.237 bits per heavy atom. The van der Waals surface area contributed by atoms with E-state index in [0.29, 0.717) is 0 Å². The van der Waals surface area contributed by atoms with Gasteiger partial charge in [-0.05, 0) is 186 Å². The normalized spacial score (nSPS) is 12.9. The zero-order valence-electron chi connectivity index (χ0n) is 56.8. The van der Waals surface area contributed by atoms with Crippen LogP contribution in [0.4, 0.5) is 34.1 Å². The van der Waals surface area contributed by atoms with Crippen LogP contribution >= 0.6 is 0 Å². The molecule has 2 aliphatic heterocycles. The van der Waals surface area contributed by atoms with E-state index in [1.54, 1.807) is 0 Å². The summed E-state index contributed by atoms with van der Waals surface area (Å²) in [5, 5.41) is 7.66. The molecule has 0 unspecified atom stereocenters. The zero-order valence-corrected chi connectivity index (χ0v) is 56.8. The van der Waals surface area contributed by atoms with Gasteiger partial charge in [0.05, 0.1) is 11.4 Å². The molecule has 466 valence electrons. The number of nitrogens with zero attached hydrogens (tertiary/aromatic N) is 2. The van der Waals surface area contributed by atoms with Crippen molar-refractivity contribution in [2.24, 2.45) is 0 Å². The number of hydrogen-bond donors (Lipinski definition) is 0. The first-order valence-corrected chi connectivity index (χ1v) is 34.5. The first kappa shape index (κ1) is 59.7. The molecule has 15 aromatic carbocycles. The smallest absolute Gasteiger partial charge is 0.252 e. The number of benzene rings is 15. The second kappa shape index (κ2) is 22.9. The van der Waals surface area contributed by atoms with Gasteiger partial charge in [0.15, 0.2) is 0 Å². The van der Waals surface area contributed by atoms with E-state index in [-0.39, 0.29) is 23.0 Å². The first-order valence-electron chi connectivity index (χ1n) is 34.5. The van der Waals surface area contributed by atoms with Crippen LogP contribution in [0.1, 0.15) is 79.0 Å². The molecule has 2 heterocycles. The SMILES string of the molecule is CC(C)(C)c1ccc(-c2cc3c4c(c2)N(c2c(-c5ccccc5)cc(C(C)(C)C)cc2-c2ccccc2)c2cc(-c5ccc6ccc7cccc8ccc5c6c78)ccc2B4c2cc(-c4ccccc4)ccc2N3c2c(-c3ccccc3)cc(C(C)(C)C)cc2-c2ccccc2)cc1. The van der Waals surface area contributed by atoms with E-state index in [0.717, 1.165) is 56.4 Å². The highest BCUT2D eigenvalue weighted by molar-refractivity contribution is 7.00. The average Bonchev–Trinajstić information content (AvgIpc) is 0.688. The average molecular weight is 1250 g/mol. The van der Waals surface area contributed by atoms with Crippen LogP contribution < -0.4 is 26.2 Å². The van der Waals surface area contributed by atoms with E-state index in [1.165, 1.54) is 121 Å². The summed E-state index contributed by atoms with van der Waals surface area (Å²) in [6.45, 7) is 20.9. The van der Waals surface area contributed by atoms with Gasteiger partial charge >= 0.3 is 0 Å². The van der Waals surface area contributed by atoms with Gasteiger partial charge in [0, 0.05) is 45.0 Å². The van der Waals surface area contributed by atoms with Crippen LogP contribution in [-0.4, -0.2) is 6.71 Å². The standard InChI is InChI=1S/C94H77BN2/c1-92(2,3)72-46-40-61(41-47-72)71-54-85-89-86(55-71)97(91-79(64-32-21-13-22-33-64)58-74(94(7,8)9)59-80(91)65-34-23-14-24-35-65)84-53-70(75-48-42-68-39-38-66-36-25-37-67-43-49-76(75)88(68)87(66)67)44-50-81(84)95(89)82-52-69(60-26-15-10-16-27-60)45-51-83(82)96(85)90-77(62-28-17-11-18-29-62)56-73(93(4,5)6)57-78(90)63-30-19-12-20-31-63/h10-59H,1-9H3.